The first-order valence-corrected chi connectivity index (χ1v) is 6.10. The van der Waals surface area contributed by atoms with Gasteiger partial charge in [-0.15, -0.1) is 10.2 Å². The molecule has 0 aliphatic carbocycles. The van der Waals surface area contributed by atoms with Gasteiger partial charge in [-0.3, -0.25) is 0 Å². The average molecular weight is 276 g/mol. The molecule has 0 radical (unpaired) electrons. The van der Waals surface area contributed by atoms with Crippen LogP contribution in [-0.4, -0.2) is 39.5 Å². The summed E-state index contributed by atoms with van der Waals surface area (Å²) in [5.41, 5.74) is 0.739. The molecule has 0 saturated carbocycles. The molecule has 0 fully saturated rings. The maximum absolute atomic E-state index is 11.2. The van der Waals surface area contributed by atoms with Crippen LogP contribution in [0, 0.1) is 0 Å². The van der Waals surface area contributed by atoms with E-state index in [9.17, 15) is 4.79 Å². The summed E-state index contributed by atoms with van der Waals surface area (Å²) in [6, 6.07) is 4.81. The molecule has 1 aromatic carbocycles. The zero-order valence-electron chi connectivity index (χ0n) is 11.3. The summed E-state index contributed by atoms with van der Waals surface area (Å²) >= 11 is 0. The minimum atomic E-state index is -0.978. The highest BCUT2D eigenvalue weighted by atomic mass is 16.5. The van der Waals surface area contributed by atoms with Crippen LogP contribution >= 0.6 is 0 Å². The van der Waals surface area contributed by atoms with Gasteiger partial charge in [-0.1, -0.05) is 0 Å². The van der Waals surface area contributed by atoms with Crippen molar-refractivity contribution in [3.05, 3.63) is 35.9 Å². The number of aromatic carboxylic acids is 1. The normalized spacial score (nSPS) is 10.3. The van der Waals surface area contributed by atoms with Crippen molar-refractivity contribution in [3.8, 4) is 5.75 Å². The van der Waals surface area contributed by atoms with Gasteiger partial charge in [0.2, 0.25) is 0 Å². The van der Waals surface area contributed by atoms with E-state index in [1.807, 2.05) is 11.6 Å². The van der Waals surface area contributed by atoms with Crippen molar-refractivity contribution in [2.75, 3.05) is 19.0 Å². The third-order valence-electron chi connectivity index (χ3n) is 2.93. The average Bonchev–Trinajstić information content (AvgIpc) is 2.84. The number of benzene rings is 1. The number of ether oxygens (including phenoxy) is 1. The van der Waals surface area contributed by atoms with E-state index in [1.54, 1.807) is 25.6 Å². The number of nitrogens with one attached hydrogen (secondary N) is 1. The van der Waals surface area contributed by atoms with Crippen molar-refractivity contribution < 1.29 is 14.6 Å². The van der Waals surface area contributed by atoms with E-state index >= 15 is 0 Å². The van der Waals surface area contributed by atoms with Crippen LogP contribution in [0.5, 0.6) is 5.75 Å². The van der Waals surface area contributed by atoms with E-state index in [-0.39, 0.29) is 5.56 Å². The molecule has 106 valence electrons. The monoisotopic (exact) mass is 276 g/mol. The Hall–Kier alpha value is -2.57. The zero-order chi connectivity index (χ0) is 14.5. The number of hydrogen-bond acceptors (Lipinski definition) is 5. The summed E-state index contributed by atoms with van der Waals surface area (Å²) in [6.07, 6.45) is 2.27. The lowest BCUT2D eigenvalue weighted by molar-refractivity contribution is 0.0698. The Balaban J connectivity index is 2.07. The smallest absolute Gasteiger partial charge is 0.337 e. The minimum absolute atomic E-state index is 0.212. The molecule has 7 heteroatoms. The molecule has 0 spiro atoms. The Morgan fingerprint density at radius 1 is 1.50 bits per heavy atom. The van der Waals surface area contributed by atoms with E-state index in [2.05, 4.69) is 15.5 Å². The quantitative estimate of drug-likeness (QED) is 0.823. The summed E-state index contributed by atoms with van der Waals surface area (Å²) in [5.74, 6) is 0.460. The molecule has 2 N–H and O–H groups in total. The van der Waals surface area contributed by atoms with Gasteiger partial charge in [0.25, 0.3) is 0 Å². The molecule has 0 amide bonds. The third kappa shape index (κ3) is 3.05. The van der Waals surface area contributed by atoms with Gasteiger partial charge in [0.05, 0.1) is 18.4 Å². The van der Waals surface area contributed by atoms with Crippen LogP contribution in [0.25, 0.3) is 0 Å². The summed E-state index contributed by atoms with van der Waals surface area (Å²) in [6.45, 7) is 0.556. The lowest BCUT2D eigenvalue weighted by Gasteiger charge is -2.11. The number of carboxylic acids is 1. The van der Waals surface area contributed by atoms with E-state index in [4.69, 9.17) is 9.84 Å². The molecule has 0 unspecified atom stereocenters. The van der Waals surface area contributed by atoms with E-state index < -0.39 is 5.97 Å². The molecule has 0 bridgehead atoms. The molecule has 0 saturated heterocycles. The van der Waals surface area contributed by atoms with Gasteiger partial charge >= 0.3 is 5.97 Å². The lowest BCUT2D eigenvalue weighted by atomic mass is 10.1. The van der Waals surface area contributed by atoms with Crippen LogP contribution in [0.15, 0.2) is 24.5 Å². The molecular weight excluding hydrogens is 260 g/mol. The van der Waals surface area contributed by atoms with Crippen LogP contribution in [0.3, 0.4) is 0 Å². The zero-order valence-corrected chi connectivity index (χ0v) is 11.3. The number of nitrogens with zero attached hydrogens (tertiary/aromatic N) is 3. The predicted molar refractivity (Wildman–Crippen MR) is 73.2 cm³/mol. The van der Waals surface area contributed by atoms with Gasteiger partial charge in [0.1, 0.15) is 17.9 Å². The van der Waals surface area contributed by atoms with Gasteiger partial charge in [-0.25, -0.2) is 4.79 Å². The van der Waals surface area contributed by atoms with Crippen LogP contribution < -0.4 is 10.1 Å². The maximum Gasteiger partial charge on any atom is 0.337 e. The molecule has 2 rings (SSSR count). The van der Waals surface area contributed by atoms with Crippen molar-refractivity contribution >= 4 is 11.7 Å². The molecule has 20 heavy (non-hydrogen) atoms. The first kappa shape index (κ1) is 13.9. The molecule has 0 aliphatic heterocycles. The number of anilines is 1. The molecular formula is C13H16N4O3. The standard InChI is InChI=1S/C13H16N4O3/c1-17-8-15-16-12(17)5-6-14-11-7-9(20-2)3-4-10(11)13(18)19/h3-4,7-8,14H,5-6H2,1-2H3,(H,18,19). The molecule has 7 nitrogen and oxygen atoms in total. The fourth-order valence-corrected chi connectivity index (χ4v) is 1.83. The third-order valence-corrected chi connectivity index (χ3v) is 2.93. The van der Waals surface area contributed by atoms with Crippen LogP contribution in [0.4, 0.5) is 5.69 Å². The second kappa shape index (κ2) is 6.05. The summed E-state index contributed by atoms with van der Waals surface area (Å²) in [7, 11) is 3.41. The fraction of sp³-hybridized carbons (Fsp3) is 0.308. The second-order valence-electron chi connectivity index (χ2n) is 4.25. The highest BCUT2D eigenvalue weighted by molar-refractivity contribution is 5.94. The highest BCUT2D eigenvalue weighted by Gasteiger charge is 2.11. The SMILES string of the molecule is COc1ccc(C(=O)O)c(NCCc2nncn2C)c1. The topological polar surface area (TPSA) is 89.3 Å². The number of carboxylic acid groups (broad SMARTS) is 1. The number of methoxy groups -OCH3 is 1. The largest absolute Gasteiger partial charge is 0.497 e. The Morgan fingerprint density at radius 3 is 2.90 bits per heavy atom. The first-order valence-electron chi connectivity index (χ1n) is 6.10. The van der Waals surface area contributed by atoms with E-state index in [0.717, 1.165) is 5.82 Å². The molecule has 0 aliphatic rings. The van der Waals surface area contributed by atoms with Crippen LogP contribution in [0.2, 0.25) is 0 Å². The molecule has 0 atom stereocenters. The van der Waals surface area contributed by atoms with Gasteiger partial charge in [-0.05, 0) is 12.1 Å². The van der Waals surface area contributed by atoms with Crippen LogP contribution in [0.1, 0.15) is 16.2 Å². The van der Waals surface area contributed by atoms with Crippen molar-refractivity contribution in [3.63, 3.8) is 0 Å². The van der Waals surface area contributed by atoms with Crippen molar-refractivity contribution in [1.82, 2.24) is 14.8 Å². The first-order chi connectivity index (χ1) is 9.61. The fourth-order valence-electron chi connectivity index (χ4n) is 1.83. The number of hydrogen-bond donors (Lipinski definition) is 2. The molecule has 2 aromatic rings. The Labute approximate surface area is 116 Å². The van der Waals surface area contributed by atoms with E-state index in [0.29, 0.717) is 24.4 Å². The van der Waals surface area contributed by atoms with Gasteiger partial charge in [-0.2, -0.15) is 0 Å². The van der Waals surface area contributed by atoms with Crippen LogP contribution in [-0.2, 0) is 13.5 Å². The minimum Gasteiger partial charge on any atom is -0.497 e. The van der Waals surface area contributed by atoms with Gasteiger partial charge < -0.3 is 19.7 Å². The Bertz CT molecular complexity index is 609. The van der Waals surface area contributed by atoms with Crippen molar-refractivity contribution in [2.24, 2.45) is 7.05 Å². The van der Waals surface area contributed by atoms with Gasteiger partial charge in [0.15, 0.2) is 0 Å². The summed E-state index contributed by atoms with van der Waals surface area (Å²) < 4.78 is 6.93. The summed E-state index contributed by atoms with van der Waals surface area (Å²) in [5, 5.41) is 20.0. The predicted octanol–water partition coefficient (Wildman–Crippen LogP) is 1.18. The molecule has 1 heterocycles. The van der Waals surface area contributed by atoms with E-state index in [1.165, 1.54) is 6.07 Å². The summed E-state index contributed by atoms with van der Waals surface area (Å²) in [4.78, 5) is 11.2. The van der Waals surface area contributed by atoms with Crippen molar-refractivity contribution in [2.45, 2.75) is 6.42 Å². The number of carbonyl (C=O) groups is 1. The second-order valence-corrected chi connectivity index (χ2v) is 4.25. The Morgan fingerprint density at radius 2 is 2.30 bits per heavy atom. The highest BCUT2D eigenvalue weighted by Crippen LogP contribution is 2.22. The Kier molecular flexibility index (Phi) is 4.19. The lowest BCUT2D eigenvalue weighted by Crippen LogP contribution is -2.11. The van der Waals surface area contributed by atoms with Gasteiger partial charge in [0, 0.05) is 26.1 Å². The number of aromatic nitrogens is 3. The van der Waals surface area contributed by atoms with Crippen molar-refractivity contribution in [1.29, 1.82) is 0 Å². The number of aryl methyl sites for hydroxylation is 1. The molecule has 1 aromatic heterocycles. The maximum atomic E-state index is 11.2. The number of rotatable bonds is 6.